The molecule has 1 atom stereocenters. The summed E-state index contributed by atoms with van der Waals surface area (Å²) in [6.07, 6.45) is 1.07. The number of esters is 1. The minimum Gasteiger partial charge on any atom is -0.467 e. The molecule has 1 unspecified atom stereocenters. The number of ether oxygens (including phenoxy) is 1. The summed E-state index contributed by atoms with van der Waals surface area (Å²) in [6, 6.07) is 9.41. The van der Waals surface area contributed by atoms with Crippen LogP contribution < -0.4 is 5.73 Å². The Morgan fingerprint density at radius 3 is 2.45 bits per heavy atom. The third-order valence-corrected chi connectivity index (χ3v) is 3.45. The van der Waals surface area contributed by atoms with Crippen LogP contribution in [-0.2, 0) is 15.1 Å². The molecule has 1 aromatic rings. The van der Waals surface area contributed by atoms with E-state index in [0.717, 1.165) is 18.5 Å². The van der Waals surface area contributed by atoms with E-state index in [1.165, 1.54) is 7.11 Å². The monoisotopic (exact) mass is 278 g/mol. The summed E-state index contributed by atoms with van der Waals surface area (Å²) in [5.41, 5.74) is 6.02. The molecule has 0 saturated heterocycles. The van der Waals surface area contributed by atoms with Crippen molar-refractivity contribution in [3.05, 3.63) is 35.9 Å². The van der Waals surface area contributed by atoms with Crippen LogP contribution in [0, 0.1) is 5.92 Å². The lowest BCUT2D eigenvalue weighted by atomic mass is 9.90. The van der Waals surface area contributed by atoms with Gasteiger partial charge in [0, 0.05) is 6.54 Å². The lowest BCUT2D eigenvalue weighted by molar-refractivity contribution is -0.148. The molecule has 1 aromatic carbocycles. The Morgan fingerprint density at radius 2 is 1.95 bits per heavy atom. The Balaban J connectivity index is 2.87. The maximum Gasteiger partial charge on any atom is 0.331 e. The standard InChI is InChI=1S/C16H26N2O2/c1-13(2)10-11-18(3)12-16(17,15(19)20-4)14-8-6-5-7-9-14/h5-9,13H,10-12,17H2,1-4H3. The minimum atomic E-state index is -1.12. The summed E-state index contributed by atoms with van der Waals surface area (Å²) >= 11 is 0. The number of nitrogens with two attached hydrogens (primary N) is 1. The van der Waals surface area contributed by atoms with Gasteiger partial charge in [0.25, 0.3) is 0 Å². The van der Waals surface area contributed by atoms with Gasteiger partial charge >= 0.3 is 5.97 Å². The summed E-state index contributed by atoms with van der Waals surface area (Å²) < 4.78 is 4.91. The molecule has 1 rings (SSSR count). The van der Waals surface area contributed by atoms with Gasteiger partial charge in [-0.25, -0.2) is 4.79 Å². The maximum absolute atomic E-state index is 12.1. The van der Waals surface area contributed by atoms with Gasteiger partial charge in [0.1, 0.15) is 0 Å². The fraction of sp³-hybridized carbons (Fsp3) is 0.562. The van der Waals surface area contributed by atoms with Gasteiger partial charge in [0.2, 0.25) is 0 Å². The maximum atomic E-state index is 12.1. The van der Waals surface area contributed by atoms with Crippen LogP contribution in [0.5, 0.6) is 0 Å². The molecule has 0 bridgehead atoms. The normalized spacial score (nSPS) is 14.3. The van der Waals surface area contributed by atoms with E-state index in [4.69, 9.17) is 10.5 Å². The summed E-state index contributed by atoms with van der Waals surface area (Å²) in [5, 5.41) is 0. The van der Waals surface area contributed by atoms with Crippen LogP contribution in [0.15, 0.2) is 30.3 Å². The number of rotatable bonds is 7. The molecule has 0 radical (unpaired) electrons. The molecule has 0 amide bonds. The number of nitrogens with zero attached hydrogens (tertiary/aromatic N) is 1. The molecule has 0 fully saturated rings. The molecule has 0 heterocycles. The Kier molecular flexibility index (Phi) is 6.17. The number of carbonyl (C=O) groups excluding carboxylic acids is 1. The number of hydrogen-bond donors (Lipinski definition) is 1. The highest BCUT2D eigenvalue weighted by Crippen LogP contribution is 2.21. The van der Waals surface area contributed by atoms with Crippen LogP contribution in [0.3, 0.4) is 0 Å². The quantitative estimate of drug-likeness (QED) is 0.775. The van der Waals surface area contributed by atoms with E-state index >= 15 is 0 Å². The van der Waals surface area contributed by atoms with Gasteiger partial charge < -0.3 is 15.4 Å². The van der Waals surface area contributed by atoms with Crippen LogP contribution in [-0.4, -0.2) is 38.1 Å². The molecule has 2 N–H and O–H groups in total. The zero-order valence-corrected chi connectivity index (χ0v) is 12.9. The van der Waals surface area contributed by atoms with Gasteiger partial charge in [-0.2, -0.15) is 0 Å². The molecule has 0 aliphatic rings. The number of likely N-dealkylation sites (N-methyl/N-ethyl adjacent to an activating group) is 1. The van der Waals surface area contributed by atoms with Gasteiger partial charge in [-0.05, 0) is 31.5 Å². The van der Waals surface area contributed by atoms with E-state index in [-0.39, 0.29) is 0 Å². The molecule has 4 heteroatoms. The highest BCUT2D eigenvalue weighted by Gasteiger charge is 2.38. The Morgan fingerprint density at radius 1 is 1.35 bits per heavy atom. The number of methoxy groups -OCH3 is 1. The number of benzene rings is 1. The Hall–Kier alpha value is -1.39. The second kappa shape index (κ2) is 7.41. The first-order valence-corrected chi connectivity index (χ1v) is 7.01. The van der Waals surface area contributed by atoms with Gasteiger partial charge in [-0.15, -0.1) is 0 Å². The third-order valence-electron chi connectivity index (χ3n) is 3.45. The summed E-state index contributed by atoms with van der Waals surface area (Å²) in [4.78, 5) is 14.2. The first-order chi connectivity index (χ1) is 9.40. The smallest absolute Gasteiger partial charge is 0.331 e. The second-order valence-electron chi connectivity index (χ2n) is 5.75. The zero-order valence-electron chi connectivity index (χ0n) is 12.9. The molecule has 0 aliphatic carbocycles. The highest BCUT2D eigenvalue weighted by molar-refractivity contribution is 5.82. The molecule has 0 spiro atoms. The van der Waals surface area contributed by atoms with Crippen molar-refractivity contribution in [2.75, 3.05) is 27.2 Å². The molecule has 112 valence electrons. The van der Waals surface area contributed by atoms with Crippen molar-refractivity contribution in [2.24, 2.45) is 11.7 Å². The Bertz CT molecular complexity index is 420. The third kappa shape index (κ3) is 4.32. The van der Waals surface area contributed by atoms with E-state index in [2.05, 4.69) is 18.7 Å². The van der Waals surface area contributed by atoms with E-state index in [1.54, 1.807) is 0 Å². The molecular formula is C16H26N2O2. The van der Waals surface area contributed by atoms with Crippen LogP contribution in [0.4, 0.5) is 0 Å². The van der Waals surface area contributed by atoms with Crippen molar-refractivity contribution in [3.63, 3.8) is 0 Å². The predicted molar refractivity (Wildman–Crippen MR) is 81.3 cm³/mol. The van der Waals surface area contributed by atoms with Crippen molar-refractivity contribution in [1.82, 2.24) is 4.90 Å². The number of hydrogen-bond acceptors (Lipinski definition) is 4. The average molecular weight is 278 g/mol. The van der Waals surface area contributed by atoms with Crippen molar-refractivity contribution in [3.8, 4) is 0 Å². The lowest BCUT2D eigenvalue weighted by Crippen LogP contribution is -2.53. The Labute approximate surface area is 121 Å². The fourth-order valence-electron chi connectivity index (χ4n) is 2.17. The van der Waals surface area contributed by atoms with Gasteiger partial charge in [0.05, 0.1) is 7.11 Å². The molecular weight excluding hydrogens is 252 g/mol. The van der Waals surface area contributed by atoms with E-state index < -0.39 is 11.5 Å². The van der Waals surface area contributed by atoms with E-state index in [0.29, 0.717) is 12.5 Å². The molecule has 0 aromatic heterocycles. The van der Waals surface area contributed by atoms with Crippen molar-refractivity contribution in [2.45, 2.75) is 25.8 Å². The van der Waals surface area contributed by atoms with Crippen LogP contribution in [0.25, 0.3) is 0 Å². The van der Waals surface area contributed by atoms with Gasteiger partial charge in [0.15, 0.2) is 5.54 Å². The number of carbonyl (C=O) groups is 1. The second-order valence-corrected chi connectivity index (χ2v) is 5.75. The first-order valence-electron chi connectivity index (χ1n) is 7.01. The topological polar surface area (TPSA) is 55.6 Å². The first kappa shape index (κ1) is 16.7. The lowest BCUT2D eigenvalue weighted by Gasteiger charge is -2.32. The summed E-state index contributed by atoms with van der Waals surface area (Å²) in [5.74, 6) is 0.222. The van der Waals surface area contributed by atoms with Gasteiger partial charge in [-0.1, -0.05) is 44.2 Å². The fourth-order valence-corrected chi connectivity index (χ4v) is 2.17. The SMILES string of the molecule is COC(=O)C(N)(CN(C)CCC(C)C)c1ccccc1. The largest absolute Gasteiger partial charge is 0.467 e. The van der Waals surface area contributed by atoms with Crippen molar-refractivity contribution in [1.29, 1.82) is 0 Å². The van der Waals surface area contributed by atoms with E-state index in [9.17, 15) is 4.79 Å². The molecule has 20 heavy (non-hydrogen) atoms. The summed E-state index contributed by atoms with van der Waals surface area (Å²) in [7, 11) is 3.36. The van der Waals surface area contributed by atoms with E-state index in [1.807, 2.05) is 37.4 Å². The van der Waals surface area contributed by atoms with Crippen molar-refractivity contribution >= 4 is 5.97 Å². The molecule has 0 aliphatic heterocycles. The van der Waals surface area contributed by atoms with Crippen LogP contribution >= 0.6 is 0 Å². The minimum absolute atomic E-state index is 0.403. The zero-order chi connectivity index (χ0) is 15.2. The van der Waals surface area contributed by atoms with Crippen LogP contribution in [0.1, 0.15) is 25.8 Å². The average Bonchev–Trinajstić information content (AvgIpc) is 2.45. The molecule has 4 nitrogen and oxygen atoms in total. The molecule has 0 saturated carbocycles. The predicted octanol–water partition coefficient (Wildman–Crippen LogP) is 1.99. The highest BCUT2D eigenvalue weighted by atomic mass is 16.5. The summed E-state index contributed by atoms with van der Waals surface area (Å²) in [6.45, 7) is 5.71. The van der Waals surface area contributed by atoms with Gasteiger partial charge in [-0.3, -0.25) is 0 Å². The van der Waals surface area contributed by atoms with Crippen LogP contribution in [0.2, 0.25) is 0 Å². The van der Waals surface area contributed by atoms with Crippen molar-refractivity contribution < 1.29 is 9.53 Å².